The molecule has 0 bridgehead atoms. The standard InChI is InChI=1S/C25H24Cl2N4O5S/c26-19-5-4-18(21(27)12-19)15-31-24-16(2-1-3-17(24)14-29-31)8-9-28-25(32)30-37(33,34)20-6-7-22-23(13-20)36-11-10-35-22/h4-8,12-14H,1-3,9-11,15H2,(H2,28,30,32). The van der Waals surface area contributed by atoms with Gasteiger partial charge in [-0.1, -0.05) is 35.3 Å². The summed E-state index contributed by atoms with van der Waals surface area (Å²) in [4.78, 5) is 12.3. The van der Waals surface area contributed by atoms with E-state index in [9.17, 15) is 13.2 Å². The summed E-state index contributed by atoms with van der Waals surface area (Å²) in [5.41, 5.74) is 4.03. The number of ether oxygens (including phenoxy) is 2. The average molecular weight is 563 g/mol. The number of amides is 2. The first-order valence-electron chi connectivity index (χ1n) is 11.7. The zero-order valence-corrected chi connectivity index (χ0v) is 22.0. The molecule has 3 aromatic rings. The first-order valence-corrected chi connectivity index (χ1v) is 13.9. The lowest BCUT2D eigenvalue weighted by Crippen LogP contribution is -2.39. The molecule has 9 nitrogen and oxygen atoms in total. The van der Waals surface area contributed by atoms with Gasteiger partial charge in [-0.2, -0.15) is 5.10 Å². The molecule has 2 aliphatic rings. The van der Waals surface area contributed by atoms with Crippen LogP contribution >= 0.6 is 23.2 Å². The Morgan fingerprint density at radius 2 is 1.89 bits per heavy atom. The summed E-state index contributed by atoms with van der Waals surface area (Å²) >= 11 is 12.4. The molecular weight excluding hydrogens is 539 g/mol. The third kappa shape index (κ3) is 5.71. The zero-order valence-electron chi connectivity index (χ0n) is 19.7. The number of nitrogens with one attached hydrogen (secondary N) is 2. The fraction of sp³-hybridized carbons (Fsp3) is 0.280. The highest BCUT2D eigenvalue weighted by Gasteiger charge is 2.22. The largest absolute Gasteiger partial charge is 0.486 e. The molecular formula is C25H24Cl2N4O5S. The molecule has 2 heterocycles. The van der Waals surface area contributed by atoms with Gasteiger partial charge in [-0.05, 0) is 60.2 Å². The van der Waals surface area contributed by atoms with Crippen LogP contribution < -0.4 is 19.5 Å². The van der Waals surface area contributed by atoms with Gasteiger partial charge in [0.2, 0.25) is 0 Å². The number of aryl methyl sites for hydroxylation is 1. The maximum absolute atomic E-state index is 12.7. The third-order valence-corrected chi connectivity index (χ3v) is 8.02. The predicted molar refractivity (Wildman–Crippen MR) is 140 cm³/mol. The van der Waals surface area contributed by atoms with E-state index in [0.717, 1.165) is 41.7 Å². The molecule has 2 N–H and O–H groups in total. The van der Waals surface area contributed by atoms with Gasteiger partial charge in [0.15, 0.2) is 11.5 Å². The number of hydrogen-bond acceptors (Lipinski definition) is 6. The number of allylic oxidation sites excluding steroid dienone is 1. The molecule has 0 saturated heterocycles. The van der Waals surface area contributed by atoms with Gasteiger partial charge < -0.3 is 14.8 Å². The molecule has 0 atom stereocenters. The van der Waals surface area contributed by atoms with E-state index in [-0.39, 0.29) is 11.4 Å². The lowest BCUT2D eigenvalue weighted by atomic mass is 9.92. The van der Waals surface area contributed by atoms with E-state index >= 15 is 0 Å². The number of urea groups is 1. The van der Waals surface area contributed by atoms with E-state index in [1.807, 2.05) is 27.7 Å². The molecule has 0 saturated carbocycles. The van der Waals surface area contributed by atoms with E-state index in [1.54, 1.807) is 12.1 Å². The maximum Gasteiger partial charge on any atom is 0.328 e. The first kappa shape index (κ1) is 25.4. The number of sulfonamides is 1. The molecule has 1 aliphatic heterocycles. The summed E-state index contributed by atoms with van der Waals surface area (Å²) in [7, 11) is -4.09. The minimum atomic E-state index is -4.09. The number of nitrogens with zero attached hydrogens (tertiary/aromatic N) is 2. The van der Waals surface area contributed by atoms with E-state index < -0.39 is 16.1 Å². The Labute approximate surface area is 224 Å². The van der Waals surface area contributed by atoms with Crippen LogP contribution in [0.3, 0.4) is 0 Å². The molecule has 194 valence electrons. The highest BCUT2D eigenvalue weighted by molar-refractivity contribution is 7.90. The van der Waals surface area contributed by atoms with Crippen LogP contribution in [0.4, 0.5) is 4.79 Å². The molecule has 5 rings (SSSR count). The van der Waals surface area contributed by atoms with E-state index in [0.29, 0.717) is 41.3 Å². The fourth-order valence-electron chi connectivity index (χ4n) is 4.37. The highest BCUT2D eigenvalue weighted by atomic mass is 35.5. The predicted octanol–water partition coefficient (Wildman–Crippen LogP) is 4.42. The van der Waals surface area contributed by atoms with Gasteiger partial charge in [-0.15, -0.1) is 0 Å². The molecule has 2 amide bonds. The van der Waals surface area contributed by atoms with Crippen molar-refractivity contribution in [2.24, 2.45) is 0 Å². The number of hydrogen-bond donors (Lipinski definition) is 2. The van der Waals surface area contributed by atoms with Crippen molar-refractivity contribution >= 4 is 44.8 Å². The summed E-state index contributed by atoms with van der Waals surface area (Å²) in [5.74, 6) is 0.787. The Bertz CT molecular complexity index is 1490. The quantitative estimate of drug-likeness (QED) is 0.460. The Morgan fingerprint density at radius 3 is 2.70 bits per heavy atom. The Hall–Kier alpha value is -3.21. The molecule has 2 aromatic carbocycles. The summed E-state index contributed by atoms with van der Waals surface area (Å²) < 4.78 is 40.1. The summed E-state index contributed by atoms with van der Waals surface area (Å²) in [5, 5.41) is 8.28. The van der Waals surface area contributed by atoms with Crippen LogP contribution in [0.2, 0.25) is 10.0 Å². The van der Waals surface area contributed by atoms with E-state index in [4.69, 9.17) is 32.7 Å². The monoisotopic (exact) mass is 562 g/mol. The van der Waals surface area contributed by atoms with Crippen molar-refractivity contribution in [3.05, 3.63) is 75.5 Å². The molecule has 0 radical (unpaired) electrons. The van der Waals surface area contributed by atoms with Gasteiger partial charge in [0.25, 0.3) is 10.0 Å². The van der Waals surface area contributed by atoms with Crippen LogP contribution in [-0.2, 0) is 23.0 Å². The fourth-order valence-corrected chi connectivity index (χ4v) is 5.78. The van der Waals surface area contributed by atoms with Gasteiger partial charge in [-0.3, -0.25) is 4.68 Å². The van der Waals surface area contributed by atoms with Crippen molar-refractivity contribution in [2.75, 3.05) is 19.8 Å². The molecule has 1 aliphatic carbocycles. The van der Waals surface area contributed by atoms with Crippen molar-refractivity contribution in [1.82, 2.24) is 19.8 Å². The second kappa shape index (κ2) is 10.6. The number of carbonyl (C=O) groups is 1. The number of halogens is 2. The molecule has 1 aromatic heterocycles. The molecule has 12 heteroatoms. The van der Waals surface area contributed by atoms with E-state index in [1.165, 1.54) is 18.2 Å². The van der Waals surface area contributed by atoms with Crippen molar-refractivity contribution in [3.63, 3.8) is 0 Å². The summed E-state index contributed by atoms with van der Waals surface area (Å²) in [6.45, 7) is 1.34. The molecule has 0 spiro atoms. The lowest BCUT2D eigenvalue weighted by Gasteiger charge is -2.19. The van der Waals surface area contributed by atoms with Crippen LogP contribution in [-0.4, -0.2) is 44.0 Å². The van der Waals surface area contributed by atoms with Crippen molar-refractivity contribution < 1.29 is 22.7 Å². The van der Waals surface area contributed by atoms with Gasteiger partial charge >= 0.3 is 6.03 Å². The van der Waals surface area contributed by atoms with Gasteiger partial charge in [-0.25, -0.2) is 17.9 Å². The van der Waals surface area contributed by atoms with Crippen molar-refractivity contribution in [3.8, 4) is 11.5 Å². The smallest absolute Gasteiger partial charge is 0.328 e. The topological polar surface area (TPSA) is 112 Å². The number of fused-ring (bicyclic) bond motifs is 2. The van der Waals surface area contributed by atoms with Gasteiger partial charge in [0.05, 0.1) is 23.3 Å². The zero-order chi connectivity index (χ0) is 26.0. The van der Waals surface area contributed by atoms with Crippen LogP contribution in [0.15, 0.2) is 53.6 Å². The van der Waals surface area contributed by atoms with Crippen LogP contribution in [0.25, 0.3) is 5.57 Å². The van der Waals surface area contributed by atoms with Gasteiger partial charge in [0, 0.05) is 22.7 Å². The Kier molecular flexibility index (Phi) is 7.32. The first-order chi connectivity index (χ1) is 17.8. The Balaban J connectivity index is 1.25. The Morgan fingerprint density at radius 1 is 1.08 bits per heavy atom. The van der Waals surface area contributed by atoms with Crippen molar-refractivity contribution in [1.29, 1.82) is 0 Å². The van der Waals surface area contributed by atoms with Crippen molar-refractivity contribution in [2.45, 2.75) is 30.7 Å². The van der Waals surface area contributed by atoms with Crippen LogP contribution in [0.5, 0.6) is 11.5 Å². The van der Waals surface area contributed by atoms with E-state index in [2.05, 4.69) is 10.4 Å². The second-order valence-electron chi connectivity index (χ2n) is 8.62. The van der Waals surface area contributed by atoms with Gasteiger partial charge in [0.1, 0.15) is 13.2 Å². The minimum absolute atomic E-state index is 0.0908. The molecule has 0 unspecified atom stereocenters. The number of aromatic nitrogens is 2. The number of benzene rings is 2. The SMILES string of the molecule is O=C(NCC=C1CCCc2cnn(Cc3ccc(Cl)cc3Cl)c21)NS(=O)(=O)c1ccc2c(c1)OCCO2. The number of rotatable bonds is 6. The third-order valence-electron chi connectivity index (χ3n) is 6.11. The maximum atomic E-state index is 12.7. The lowest BCUT2D eigenvalue weighted by molar-refractivity contribution is 0.171. The average Bonchev–Trinajstić information content (AvgIpc) is 3.29. The molecule has 37 heavy (non-hydrogen) atoms. The molecule has 0 fully saturated rings. The highest BCUT2D eigenvalue weighted by Crippen LogP contribution is 2.33. The van der Waals surface area contributed by atoms with Crippen LogP contribution in [0.1, 0.15) is 29.7 Å². The number of carbonyl (C=O) groups excluding carboxylic acids is 1. The second-order valence-corrected chi connectivity index (χ2v) is 11.1. The van der Waals surface area contributed by atoms with Crippen LogP contribution in [0, 0.1) is 0 Å². The minimum Gasteiger partial charge on any atom is -0.486 e. The summed E-state index contributed by atoms with van der Waals surface area (Å²) in [6, 6.07) is 8.74. The summed E-state index contributed by atoms with van der Waals surface area (Å²) in [6.07, 6.45) is 6.41. The normalized spacial score (nSPS) is 15.8.